The lowest BCUT2D eigenvalue weighted by Crippen LogP contribution is -2.11. The summed E-state index contributed by atoms with van der Waals surface area (Å²) in [6.07, 6.45) is 0. The molecule has 0 bridgehead atoms. The van der Waals surface area contributed by atoms with Crippen LogP contribution in [-0.4, -0.2) is 11.7 Å². The Morgan fingerprint density at radius 2 is 1.65 bits per heavy atom. The van der Waals surface area contributed by atoms with Crippen LogP contribution in [0.4, 0.5) is 20.2 Å². The Kier molecular flexibility index (Phi) is 4.57. The summed E-state index contributed by atoms with van der Waals surface area (Å²) in [7, 11) is 0. The van der Waals surface area contributed by atoms with Crippen LogP contribution in [0.1, 0.15) is 10.4 Å². The minimum atomic E-state index is -2.45. The number of nitrogens with two attached hydrogens (primary N) is 1. The van der Waals surface area contributed by atoms with E-state index in [0.717, 1.165) is 0 Å². The summed E-state index contributed by atoms with van der Waals surface area (Å²) in [6, 6.07) is 12.7. The van der Waals surface area contributed by atoms with Crippen molar-refractivity contribution in [2.24, 2.45) is 0 Å². The third kappa shape index (κ3) is 3.96. The molecule has 0 aliphatic heterocycles. The number of amides is 1. The maximum atomic E-state index is 12.2. The van der Waals surface area contributed by atoms with Crippen molar-refractivity contribution in [2.75, 3.05) is 11.1 Å². The van der Waals surface area contributed by atoms with Crippen molar-refractivity contribution in [1.29, 1.82) is 0 Å². The second kappa shape index (κ2) is 6.38. The molecule has 104 valence electrons. The lowest BCUT2D eigenvalue weighted by Gasteiger charge is -2.06. The maximum absolute atomic E-state index is 12.2. The van der Waals surface area contributed by atoms with Gasteiger partial charge in [0.05, 0.1) is 0 Å². The molecule has 20 heavy (non-hydrogen) atoms. The summed E-state index contributed by atoms with van der Waals surface area (Å²) in [4.78, 5) is 12.4. The molecule has 0 aliphatic rings. The molecule has 2 aromatic rings. The van der Waals surface area contributed by atoms with Crippen molar-refractivity contribution >= 4 is 29.0 Å². The highest BCUT2D eigenvalue weighted by molar-refractivity contribution is 7.99. The third-order valence-corrected chi connectivity index (χ3v) is 3.23. The van der Waals surface area contributed by atoms with Crippen LogP contribution in [0.2, 0.25) is 0 Å². The first kappa shape index (κ1) is 14.3. The van der Waals surface area contributed by atoms with Gasteiger partial charge >= 0.3 is 0 Å². The second-order valence-corrected chi connectivity index (χ2v) is 5.04. The number of nitrogens with one attached hydrogen (secondary N) is 1. The largest absolute Gasteiger partial charge is 0.399 e. The average molecular weight is 294 g/mol. The van der Waals surface area contributed by atoms with Gasteiger partial charge in [-0.05, 0) is 48.5 Å². The smallest absolute Gasteiger partial charge is 0.288 e. The molecular weight excluding hydrogens is 282 g/mol. The SMILES string of the molecule is Nc1ccc(C(=O)Nc2ccc(SC(F)F)cc2)cc1. The van der Waals surface area contributed by atoms with E-state index in [0.29, 0.717) is 33.6 Å². The fourth-order valence-electron chi connectivity index (χ4n) is 1.56. The fraction of sp³-hybridized carbons (Fsp3) is 0.0714. The molecule has 0 saturated heterocycles. The normalized spacial score (nSPS) is 10.6. The number of halogens is 2. The molecule has 3 nitrogen and oxygen atoms in total. The van der Waals surface area contributed by atoms with E-state index < -0.39 is 5.76 Å². The molecule has 0 heterocycles. The van der Waals surface area contributed by atoms with Gasteiger partial charge in [0.1, 0.15) is 0 Å². The van der Waals surface area contributed by atoms with Gasteiger partial charge in [-0.25, -0.2) is 0 Å². The minimum Gasteiger partial charge on any atom is -0.399 e. The zero-order valence-corrected chi connectivity index (χ0v) is 11.2. The van der Waals surface area contributed by atoms with Gasteiger partial charge in [-0.3, -0.25) is 4.79 Å². The summed E-state index contributed by atoms with van der Waals surface area (Å²) in [5.74, 6) is -2.73. The van der Waals surface area contributed by atoms with Crippen molar-refractivity contribution in [2.45, 2.75) is 10.7 Å². The van der Waals surface area contributed by atoms with Crippen molar-refractivity contribution < 1.29 is 13.6 Å². The van der Waals surface area contributed by atoms with E-state index in [2.05, 4.69) is 5.32 Å². The number of anilines is 2. The number of hydrogen-bond acceptors (Lipinski definition) is 3. The van der Waals surface area contributed by atoms with Gasteiger partial charge in [-0.2, -0.15) is 8.78 Å². The summed E-state index contributed by atoms with van der Waals surface area (Å²) in [5, 5.41) is 2.68. The summed E-state index contributed by atoms with van der Waals surface area (Å²) < 4.78 is 24.3. The van der Waals surface area contributed by atoms with E-state index >= 15 is 0 Å². The molecule has 0 unspecified atom stereocenters. The quantitative estimate of drug-likeness (QED) is 0.665. The number of carbonyl (C=O) groups is 1. The van der Waals surface area contributed by atoms with E-state index in [1.54, 1.807) is 36.4 Å². The van der Waals surface area contributed by atoms with Crippen molar-refractivity contribution in [3.05, 3.63) is 54.1 Å². The predicted octanol–water partition coefficient (Wildman–Crippen LogP) is 3.84. The molecule has 6 heteroatoms. The van der Waals surface area contributed by atoms with Crippen molar-refractivity contribution in [3.63, 3.8) is 0 Å². The van der Waals surface area contributed by atoms with Crippen molar-refractivity contribution in [3.8, 4) is 0 Å². The van der Waals surface area contributed by atoms with Crippen molar-refractivity contribution in [1.82, 2.24) is 0 Å². The molecule has 0 saturated carbocycles. The topological polar surface area (TPSA) is 55.1 Å². The van der Waals surface area contributed by atoms with E-state index in [9.17, 15) is 13.6 Å². The fourth-order valence-corrected chi connectivity index (χ4v) is 2.06. The lowest BCUT2D eigenvalue weighted by molar-refractivity contribution is 0.102. The Morgan fingerprint density at radius 3 is 2.20 bits per heavy atom. The minimum absolute atomic E-state index is 0.278. The van der Waals surface area contributed by atoms with E-state index in [-0.39, 0.29) is 5.91 Å². The molecule has 0 radical (unpaired) electrons. The highest BCUT2D eigenvalue weighted by Crippen LogP contribution is 2.26. The Hall–Kier alpha value is -2.08. The van der Waals surface area contributed by atoms with E-state index in [1.807, 2.05) is 0 Å². The van der Waals surface area contributed by atoms with Crippen LogP contribution < -0.4 is 11.1 Å². The molecule has 0 fully saturated rings. The molecular formula is C14H12F2N2OS. The van der Waals surface area contributed by atoms with E-state index in [4.69, 9.17) is 5.73 Å². The summed E-state index contributed by atoms with van der Waals surface area (Å²) >= 11 is 0.464. The highest BCUT2D eigenvalue weighted by atomic mass is 32.2. The zero-order valence-electron chi connectivity index (χ0n) is 10.3. The number of rotatable bonds is 4. The Morgan fingerprint density at radius 1 is 1.05 bits per heavy atom. The van der Waals surface area contributed by atoms with Gasteiger partial charge in [-0.1, -0.05) is 11.8 Å². The molecule has 1 amide bonds. The number of alkyl halides is 2. The molecule has 0 spiro atoms. The Labute approximate surface area is 119 Å². The van der Waals surface area contributed by atoms with Gasteiger partial charge in [0, 0.05) is 21.8 Å². The molecule has 3 N–H and O–H groups in total. The lowest BCUT2D eigenvalue weighted by atomic mass is 10.2. The van der Waals surface area contributed by atoms with Gasteiger partial charge in [0.15, 0.2) is 0 Å². The van der Waals surface area contributed by atoms with E-state index in [1.165, 1.54) is 12.1 Å². The maximum Gasteiger partial charge on any atom is 0.288 e. The number of carbonyl (C=O) groups excluding carboxylic acids is 1. The average Bonchev–Trinajstić information content (AvgIpc) is 2.41. The number of thioether (sulfide) groups is 1. The van der Waals surface area contributed by atoms with Crippen LogP contribution in [0.25, 0.3) is 0 Å². The second-order valence-electron chi connectivity index (χ2n) is 3.98. The third-order valence-electron chi connectivity index (χ3n) is 2.51. The van der Waals surface area contributed by atoms with Crippen LogP contribution in [0.5, 0.6) is 0 Å². The van der Waals surface area contributed by atoms with Gasteiger partial charge in [0.25, 0.3) is 11.7 Å². The molecule has 0 aliphatic carbocycles. The van der Waals surface area contributed by atoms with Gasteiger partial charge in [0.2, 0.25) is 0 Å². The number of benzene rings is 2. The molecule has 0 atom stereocenters. The first-order chi connectivity index (χ1) is 9.54. The summed E-state index contributed by atoms with van der Waals surface area (Å²) in [5.41, 5.74) is 7.14. The molecule has 2 rings (SSSR count). The van der Waals surface area contributed by atoms with Gasteiger partial charge in [-0.15, -0.1) is 0 Å². The predicted molar refractivity (Wildman–Crippen MR) is 77.1 cm³/mol. The number of nitrogen functional groups attached to an aromatic ring is 1. The number of hydrogen-bond donors (Lipinski definition) is 2. The van der Waals surface area contributed by atoms with Crippen LogP contribution in [0.3, 0.4) is 0 Å². The monoisotopic (exact) mass is 294 g/mol. The standard InChI is InChI=1S/C14H12F2N2OS/c15-14(16)20-12-7-5-11(6-8-12)18-13(19)9-1-3-10(17)4-2-9/h1-8,14H,17H2,(H,18,19). The highest BCUT2D eigenvalue weighted by Gasteiger charge is 2.07. The first-order valence-corrected chi connectivity index (χ1v) is 6.64. The van der Waals surface area contributed by atoms with Crippen LogP contribution in [0.15, 0.2) is 53.4 Å². The molecule has 2 aromatic carbocycles. The summed E-state index contributed by atoms with van der Waals surface area (Å²) in [6.45, 7) is 0. The Balaban J connectivity index is 2.02. The van der Waals surface area contributed by atoms with Crippen LogP contribution in [-0.2, 0) is 0 Å². The first-order valence-electron chi connectivity index (χ1n) is 5.76. The zero-order chi connectivity index (χ0) is 14.5. The van der Waals surface area contributed by atoms with Crippen LogP contribution in [0, 0.1) is 0 Å². The Bertz CT molecular complexity index is 585. The molecule has 0 aromatic heterocycles. The van der Waals surface area contributed by atoms with Gasteiger partial charge < -0.3 is 11.1 Å². The van der Waals surface area contributed by atoms with Crippen LogP contribution >= 0.6 is 11.8 Å².